The van der Waals surface area contributed by atoms with E-state index < -0.39 is 0 Å². The molecule has 0 amide bonds. The summed E-state index contributed by atoms with van der Waals surface area (Å²) in [4.78, 5) is 0. The SMILES string of the molecule is C=C(C)C(O)[C@@H]1CCCC[C@H]1C=C(C)C. The second-order valence-corrected chi connectivity index (χ2v) is 5.15. The minimum Gasteiger partial charge on any atom is -0.388 e. The lowest BCUT2D eigenvalue weighted by Crippen LogP contribution is -2.30. The van der Waals surface area contributed by atoms with E-state index in [2.05, 4.69) is 26.5 Å². The average Bonchev–Trinajstić information content (AvgIpc) is 2.16. The van der Waals surface area contributed by atoms with Crippen LogP contribution in [0.2, 0.25) is 0 Å². The van der Waals surface area contributed by atoms with Crippen LogP contribution < -0.4 is 0 Å². The molecule has 0 radical (unpaired) electrons. The van der Waals surface area contributed by atoms with Crippen molar-refractivity contribution in [3.8, 4) is 0 Å². The molecular weight excluding hydrogens is 184 g/mol. The molecule has 0 aromatic heterocycles. The van der Waals surface area contributed by atoms with Gasteiger partial charge in [-0.25, -0.2) is 0 Å². The Morgan fingerprint density at radius 3 is 2.40 bits per heavy atom. The van der Waals surface area contributed by atoms with Crippen molar-refractivity contribution in [3.63, 3.8) is 0 Å². The van der Waals surface area contributed by atoms with Gasteiger partial charge in [-0.15, -0.1) is 0 Å². The van der Waals surface area contributed by atoms with Crippen LogP contribution in [0.4, 0.5) is 0 Å². The molecule has 0 aromatic rings. The predicted molar refractivity (Wildman–Crippen MR) is 65.7 cm³/mol. The highest BCUT2D eigenvalue weighted by atomic mass is 16.3. The number of allylic oxidation sites excluding steroid dienone is 2. The first-order chi connectivity index (χ1) is 7.02. The van der Waals surface area contributed by atoms with Gasteiger partial charge in [0.05, 0.1) is 6.10 Å². The molecule has 1 rings (SSSR count). The summed E-state index contributed by atoms with van der Waals surface area (Å²) in [5.74, 6) is 0.946. The van der Waals surface area contributed by atoms with E-state index in [-0.39, 0.29) is 6.10 Å². The van der Waals surface area contributed by atoms with E-state index in [1.165, 1.54) is 24.8 Å². The minimum absolute atomic E-state index is 0.314. The molecule has 1 saturated carbocycles. The van der Waals surface area contributed by atoms with E-state index in [4.69, 9.17) is 0 Å². The van der Waals surface area contributed by atoms with Gasteiger partial charge in [0, 0.05) is 0 Å². The van der Waals surface area contributed by atoms with Crippen molar-refractivity contribution in [3.05, 3.63) is 23.8 Å². The second kappa shape index (κ2) is 5.50. The summed E-state index contributed by atoms with van der Waals surface area (Å²) < 4.78 is 0. The number of aliphatic hydroxyl groups excluding tert-OH is 1. The van der Waals surface area contributed by atoms with Crippen LogP contribution in [-0.4, -0.2) is 11.2 Å². The monoisotopic (exact) mass is 208 g/mol. The van der Waals surface area contributed by atoms with Crippen LogP contribution in [-0.2, 0) is 0 Å². The Bertz CT molecular complexity index is 248. The molecule has 1 nitrogen and oxygen atoms in total. The van der Waals surface area contributed by atoms with Crippen molar-refractivity contribution in [1.29, 1.82) is 0 Å². The molecule has 1 aliphatic rings. The van der Waals surface area contributed by atoms with Gasteiger partial charge in [-0.1, -0.05) is 36.6 Å². The van der Waals surface area contributed by atoms with Crippen LogP contribution in [0, 0.1) is 11.8 Å². The molecule has 3 atom stereocenters. The standard InChI is InChI=1S/C14H24O/c1-10(2)9-12-7-5-6-8-13(12)14(15)11(3)4/h9,12-15H,3,5-8H2,1-2,4H3/t12-,13+,14?/m0/s1. The second-order valence-electron chi connectivity index (χ2n) is 5.15. The van der Waals surface area contributed by atoms with Gasteiger partial charge in [0.15, 0.2) is 0 Å². The molecule has 15 heavy (non-hydrogen) atoms. The van der Waals surface area contributed by atoms with Gasteiger partial charge in [0.2, 0.25) is 0 Å². The van der Waals surface area contributed by atoms with Crippen molar-refractivity contribution < 1.29 is 5.11 Å². The Hall–Kier alpha value is -0.560. The maximum Gasteiger partial charge on any atom is 0.0778 e. The van der Waals surface area contributed by atoms with Crippen molar-refractivity contribution >= 4 is 0 Å². The van der Waals surface area contributed by atoms with E-state index in [0.29, 0.717) is 11.8 Å². The fourth-order valence-corrected chi connectivity index (χ4v) is 2.58. The minimum atomic E-state index is -0.314. The number of aliphatic hydroxyl groups is 1. The largest absolute Gasteiger partial charge is 0.388 e. The highest BCUT2D eigenvalue weighted by molar-refractivity contribution is 5.07. The maximum absolute atomic E-state index is 10.1. The molecule has 1 unspecified atom stereocenters. The number of hydrogen-bond acceptors (Lipinski definition) is 1. The van der Waals surface area contributed by atoms with Gasteiger partial charge in [0.25, 0.3) is 0 Å². The summed E-state index contributed by atoms with van der Waals surface area (Å²) >= 11 is 0. The summed E-state index contributed by atoms with van der Waals surface area (Å²) in [5, 5.41) is 10.1. The Morgan fingerprint density at radius 2 is 1.87 bits per heavy atom. The molecule has 1 N–H and O–H groups in total. The van der Waals surface area contributed by atoms with Gasteiger partial charge < -0.3 is 5.11 Å². The van der Waals surface area contributed by atoms with E-state index >= 15 is 0 Å². The summed E-state index contributed by atoms with van der Waals surface area (Å²) in [6, 6.07) is 0. The molecule has 1 aliphatic carbocycles. The molecule has 0 saturated heterocycles. The third-order valence-electron chi connectivity index (χ3n) is 3.33. The molecule has 0 aliphatic heterocycles. The molecule has 0 bridgehead atoms. The zero-order valence-electron chi connectivity index (χ0n) is 10.3. The lowest BCUT2D eigenvalue weighted by atomic mass is 9.74. The summed E-state index contributed by atoms with van der Waals surface area (Å²) in [6.07, 6.45) is 6.93. The van der Waals surface area contributed by atoms with E-state index in [0.717, 1.165) is 12.0 Å². The first-order valence-corrected chi connectivity index (χ1v) is 6.01. The zero-order valence-corrected chi connectivity index (χ0v) is 10.3. The Morgan fingerprint density at radius 1 is 1.27 bits per heavy atom. The number of rotatable bonds is 3. The third-order valence-corrected chi connectivity index (χ3v) is 3.33. The molecule has 1 heteroatoms. The first-order valence-electron chi connectivity index (χ1n) is 6.01. The summed E-state index contributed by atoms with van der Waals surface area (Å²) in [7, 11) is 0. The topological polar surface area (TPSA) is 20.2 Å². The fraction of sp³-hybridized carbons (Fsp3) is 0.714. The predicted octanol–water partition coefficient (Wildman–Crippen LogP) is 3.70. The van der Waals surface area contributed by atoms with Crippen LogP contribution in [0.3, 0.4) is 0 Å². The van der Waals surface area contributed by atoms with Crippen molar-refractivity contribution in [2.45, 2.75) is 52.6 Å². The highest BCUT2D eigenvalue weighted by Crippen LogP contribution is 2.35. The van der Waals surface area contributed by atoms with Gasteiger partial charge >= 0.3 is 0 Å². The molecule has 0 spiro atoms. The first kappa shape index (κ1) is 12.5. The van der Waals surface area contributed by atoms with Crippen molar-refractivity contribution in [2.24, 2.45) is 11.8 Å². The Kier molecular flexibility index (Phi) is 4.59. The van der Waals surface area contributed by atoms with Gasteiger partial charge in [-0.05, 0) is 45.4 Å². The summed E-state index contributed by atoms with van der Waals surface area (Å²) in [6.45, 7) is 10.1. The highest BCUT2D eigenvalue weighted by Gasteiger charge is 2.29. The Balaban J connectivity index is 2.73. The third kappa shape index (κ3) is 3.49. The zero-order chi connectivity index (χ0) is 11.4. The average molecular weight is 208 g/mol. The van der Waals surface area contributed by atoms with Crippen LogP contribution in [0.15, 0.2) is 23.8 Å². The van der Waals surface area contributed by atoms with Gasteiger partial charge in [-0.3, -0.25) is 0 Å². The number of hydrogen-bond donors (Lipinski definition) is 1. The fourth-order valence-electron chi connectivity index (χ4n) is 2.58. The summed E-state index contributed by atoms with van der Waals surface area (Å²) in [5.41, 5.74) is 2.27. The van der Waals surface area contributed by atoms with Crippen LogP contribution in [0.1, 0.15) is 46.5 Å². The van der Waals surface area contributed by atoms with Gasteiger partial charge in [-0.2, -0.15) is 0 Å². The molecule has 0 heterocycles. The van der Waals surface area contributed by atoms with Crippen LogP contribution in [0.25, 0.3) is 0 Å². The molecule has 0 aromatic carbocycles. The van der Waals surface area contributed by atoms with Crippen LogP contribution >= 0.6 is 0 Å². The van der Waals surface area contributed by atoms with E-state index in [1.807, 2.05) is 6.92 Å². The Labute approximate surface area is 93.9 Å². The van der Waals surface area contributed by atoms with E-state index in [1.54, 1.807) is 0 Å². The van der Waals surface area contributed by atoms with Crippen molar-refractivity contribution in [1.82, 2.24) is 0 Å². The quantitative estimate of drug-likeness (QED) is 0.701. The normalized spacial score (nSPS) is 28.3. The van der Waals surface area contributed by atoms with Crippen LogP contribution in [0.5, 0.6) is 0 Å². The molecule has 86 valence electrons. The van der Waals surface area contributed by atoms with Crippen molar-refractivity contribution in [2.75, 3.05) is 0 Å². The molecular formula is C14H24O. The lowest BCUT2D eigenvalue weighted by Gasteiger charge is -2.33. The maximum atomic E-state index is 10.1. The van der Waals surface area contributed by atoms with Gasteiger partial charge in [0.1, 0.15) is 0 Å². The molecule has 1 fully saturated rings. The lowest BCUT2D eigenvalue weighted by molar-refractivity contribution is 0.0900. The van der Waals surface area contributed by atoms with E-state index in [9.17, 15) is 5.11 Å². The smallest absolute Gasteiger partial charge is 0.0778 e.